The lowest BCUT2D eigenvalue weighted by molar-refractivity contribution is -0.135. The quantitative estimate of drug-likeness (QED) is 0.204. The molecule has 0 aliphatic carbocycles. The molecule has 12 heteroatoms. The number of nitrogens with one attached hydrogen (secondary N) is 3. The van der Waals surface area contributed by atoms with Crippen LogP contribution in [0.3, 0.4) is 0 Å². The Morgan fingerprint density at radius 1 is 0.833 bits per heavy atom. The van der Waals surface area contributed by atoms with Crippen molar-refractivity contribution in [1.82, 2.24) is 16.0 Å². The van der Waals surface area contributed by atoms with E-state index in [1.807, 2.05) is 5.32 Å². The molecule has 0 fully saturated rings. The zero-order valence-electron chi connectivity index (χ0n) is 12.9. The van der Waals surface area contributed by atoms with Crippen molar-refractivity contribution in [1.29, 1.82) is 0 Å². The van der Waals surface area contributed by atoms with Crippen molar-refractivity contribution < 1.29 is 34.2 Å². The van der Waals surface area contributed by atoms with Gasteiger partial charge in [-0.05, 0) is 0 Å². The van der Waals surface area contributed by atoms with Crippen molar-refractivity contribution >= 4 is 29.5 Å². The molecule has 0 bridgehead atoms. The van der Waals surface area contributed by atoms with E-state index in [0.717, 1.165) is 6.92 Å². The summed E-state index contributed by atoms with van der Waals surface area (Å²) in [5.74, 6) is -4.51. The van der Waals surface area contributed by atoms with Crippen molar-refractivity contribution in [2.24, 2.45) is 11.5 Å². The number of carbonyl (C=O) groups is 5. The second-order valence-electron chi connectivity index (χ2n) is 4.81. The number of nitrogens with two attached hydrogens (primary N) is 2. The molecule has 24 heavy (non-hydrogen) atoms. The van der Waals surface area contributed by atoms with Crippen LogP contribution in [0.2, 0.25) is 0 Å². The predicted octanol–water partition coefficient (Wildman–Crippen LogP) is -5.19. The van der Waals surface area contributed by atoms with Gasteiger partial charge in [-0.25, -0.2) is 0 Å². The third kappa shape index (κ3) is 7.51. The van der Waals surface area contributed by atoms with Crippen LogP contribution in [0.15, 0.2) is 0 Å². The highest BCUT2D eigenvalue weighted by Crippen LogP contribution is 1.96. The van der Waals surface area contributed by atoms with Crippen LogP contribution in [0.4, 0.5) is 0 Å². The van der Waals surface area contributed by atoms with E-state index in [1.54, 1.807) is 0 Å². The summed E-state index contributed by atoms with van der Waals surface area (Å²) in [6.07, 6.45) is -0.618. The Balaban J connectivity index is 5.08. The fourth-order valence-electron chi connectivity index (χ4n) is 1.60. The fourth-order valence-corrected chi connectivity index (χ4v) is 1.60. The Morgan fingerprint density at radius 3 is 1.67 bits per heavy atom. The van der Waals surface area contributed by atoms with Gasteiger partial charge in [-0.15, -0.1) is 0 Å². The smallest absolute Gasteiger partial charge is 0.245 e. The molecule has 3 unspecified atom stereocenters. The topological polar surface area (TPSA) is 214 Å². The van der Waals surface area contributed by atoms with E-state index in [9.17, 15) is 24.0 Å². The number of hydrogen-bond donors (Lipinski definition) is 7. The maximum Gasteiger partial charge on any atom is 0.245 e. The molecular formula is C12H21N5O7. The second kappa shape index (κ2) is 10.1. The molecule has 5 amide bonds. The standard InChI is InChI=1S/C12H21N5O7/c1-5(20)15-8(4-19)12(24)16-6(2-9(13)21)11(23)17-7(3-18)10(14)22/h6-8,18-19H,2-4H2,1H3,(H2,13,21)(H2,14,22)(H,15,20)(H,16,24)(H,17,23). The largest absolute Gasteiger partial charge is 0.394 e. The summed E-state index contributed by atoms with van der Waals surface area (Å²) in [5.41, 5.74) is 9.94. The third-order valence-electron chi connectivity index (χ3n) is 2.76. The lowest BCUT2D eigenvalue weighted by Gasteiger charge is -2.22. The SMILES string of the molecule is CC(=O)NC(CO)C(=O)NC(CC(N)=O)C(=O)NC(CO)C(N)=O. The molecule has 12 nitrogen and oxygen atoms in total. The molecule has 0 spiro atoms. The zero-order valence-corrected chi connectivity index (χ0v) is 12.9. The Hall–Kier alpha value is -2.73. The first-order chi connectivity index (χ1) is 11.1. The molecule has 0 aromatic heterocycles. The van der Waals surface area contributed by atoms with Crippen molar-refractivity contribution in [3.8, 4) is 0 Å². The number of carbonyl (C=O) groups excluding carboxylic acids is 5. The minimum absolute atomic E-state index is 0.603. The lowest BCUT2D eigenvalue weighted by atomic mass is 10.1. The molecule has 0 heterocycles. The van der Waals surface area contributed by atoms with E-state index in [0.29, 0.717) is 0 Å². The highest BCUT2D eigenvalue weighted by atomic mass is 16.3. The Labute approximate surface area is 136 Å². The van der Waals surface area contributed by atoms with Crippen LogP contribution in [-0.4, -0.2) is 71.1 Å². The molecule has 9 N–H and O–H groups in total. The van der Waals surface area contributed by atoms with Crippen LogP contribution in [0.5, 0.6) is 0 Å². The first-order valence-corrected chi connectivity index (χ1v) is 6.79. The summed E-state index contributed by atoms with van der Waals surface area (Å²) in [5, 5.41) is 24.3. The maximum atomic E-state index is 12.0. The molecular weight excluding hydrogens is 326 g/mol. The summed E-state index contributed by atoms with van der Waals surface area (Å²) >= 11 is 0. The monoisotopic (exact) mass is 347 g/mol. The van der Waals surface area contributed by atoms with Crippen LogP contribution in [0, 0.1) is 0 Å². The van der Waals surface area contributed by atoms with Gasteiger partial charge in [-0.3, -0.25) is 24.0 Å². The molecule has 3 atom stereocenters. The summed E-state index contributed by atoms with van der Waals surface area (Å²) < 4.78 is 0. The van der Waals surface area contributed by atoms with Gasteiger partial charge in [0.05, 0.1) is 19.6 Å². The number of amides is 5. The number of hydrogen-bond acceptors (Lipinski definition) is 7. The van der Waals surface area contributed by atoms with Crippen molar-refractivity contribution in [2.45, 2.75) is 31.5 Å². The average Bonchev–Trinajstić information content (AvgIpc) is 2.47. The molecule has 0 aliphatic rings. The van der Waals surface area contributed by atoms with Crippen molar-refractivity contribution in [3.63, 3.8) is 0 Å². The lowest BCUT2D eigenvalue weighted by Crippen LogP contribution is -2.58. The van der Waals surface area contributed by atoms with Gasteiger partial charge in [0, 0.05) is 6.92 Å². The molecule has 0 rings (SSSR count). The van der Waals surface area contributed by atoms with Gasteiger partial charge >= 0.3 is 0 Å². The van der Waals surface area contributed by atoms with E-state index in [-0.39, 0.29) is 0 Å². The van der Waals surface area contributed by atoms with E-state index in [1.165, 1.54) is 0 Å². The minimum atomic E-state index is -1.49. The van der Waals surface area contributed by atoms with Crippen LogP contribution < -0.4 is 27.4 Å². The Morgan fingerprint density at radius 2 is 1.29 bits per heavy atom. The summed E-state index contributed by atoms with van der Waals surface area (Å²) in [7, 11) is 0. The number of primary amides is 2. The number of aliphatic hydroxyl groups excluding tert-OH is 2. The number of aliphatic hydroxyl groups is 2. The highest BCUT2D eigenvalue weighted by molar-refractivity contribution is 5.96. The van der Waals surface area contributed by atoms with E-state index >= 15 is 0 Å². The zero-order chi connectivity index (χ0) is 18.9. The normalized spacial score (nSPS) is 14.0. The number of rotatable bonds is 10. The molecule has 0 aromatic rings. The van der Waals surface area contributed by atoms with E-state index in [4.69, 9.17) is 21.7 Å². The average molecular weight is 347 g/mol. The third-order valence-corrected chi connectivity index (χ3v) is 2.76. The molecule has 0 aliphatic heterocycles. The predicted molar refractivity (Wildman–Crippen MR) is 78.6 cm³/mol. The minimum Gasteiger partial charge on any atom is -0.394 e. The summed E-state index contributed by atoms with van der Waals surface area (Å²) in [4.78, 5) is 56.9. The van der Waals surface area contributed by atoms with Gasteiger partial charge in [-0.2, -0.15) is 0 Å². The van der Waals surface area contributed by atoms with Crippen LogP contribution in [-0.2, 0) is 24.0 Å². The summed E-state index contributed by atoms with van der Waals surface area (Å²) in [6.45, 7) is -0.428. The summed E-state index contributed by atoms with van der Waals surface area (Å²) in [6, 6.07) is -4.27. The van der Waals surface area contributed by atoms with E-state index < -0.39 is 67.3 Å². The molecule has 0 saturated carbocycles. The van der Waals surface area contributed by atoms with Gasteiger partial charge in [0.2, 0.25) is 29.5 Å². The van der Waals surface area contributed by atoms with Crippen LogP contribution >= 0.6 is 0 Å². The fraction of sp³-hybridized carbons (Fsp3) is 0.583. The molecule has 0 saturated heterocycles. The van der Waals surface area contributed by atoms with Crippen LogP contribution in [0.25, 0.3) is 0 Å². The Kier molecular flexibility index (Phi) is 8.97. The van der Waals surface area contributed by atoms with Gasteiger partial charge in [-0.1, -0.05) is 0 Å². The molecule has 0 aromatic carbocycles. The molecule has 136 valence electrons. The van der Waals surface area contributed by atoms with Crippen molar-refractivity contribution in [2.75, 3.05) is 13.2 Å². The first kappa shape index (κ1) is 21.3. The Bertz CT molecular complexity index is 510. The molecule has 0 radical (unpaired) electrons. The van der Waals surface area contributed by atoms with Crippen LogP contribution in [0.1, 0.15) is 13.3 Å². The van der Waals surface area contributed by atoms with Gasteiger partial charge < -0.3 is 37.6 Å². The van der Waals surface area contributed by atoms with Crippen molar-refractivity contribution in [3.05, 3.63) is 0 Å². The second-order valence-corrected chi connectivity index (χ2v) is 4.81. The maximum absolute atomic E-state index is 12.0. The first-order valence-electron chi connectivity index (χ1n) is 6.79. The highest BCUT2D eigenvalue weighted by Gasteiger charge is 2.29. The van der Waals surface area contributed by atoms with E-state index in [2.05, 4.69) is 10.6 Å². The van der Waals surface area contributed by atoms with Gasteiger partial charge in [0.25, 0.3) is 0 Å². The van der Waals surface area contributed by atoms with Gasteiger partial charge in [0.15, 0.2) is 0 Å². The van der Waals surface area contributed by atoms with Gasteiger partial charge in [0.1, 0.15) is 18.1 Å².